The molecule has 1 aliphatic carbocycles. The minimum atomic E-state index is 0.0582. The number of piperidine rings is 1. The molecular weight excluding hydrogens is 264 g/mol. The van der Waals surface area contributed by atoms with Crippen LogP contribution in [0.2, 0.25) is 0 Å². The maximum Gasteiger partial charge on any atom is 0.226 e. The molecule has 120 valence electrons. The van der Waals surface area contributed by atoms with Crippen LogP contribution in [-0.2, 0) is 9.59 Å². The second-order valence-corrected chi connectivity index (χ2v) is 6.82. The van der Waals surface area contributed by atoms with Gasteiger partial charge >= 0.3 is 0 Å². The SMILES string of the molecule is CCN(C(=O)C1CCN(C(=O)C(C)C)CC1)C1CCCC1. The van der Waals surface area contributed by atoms with Gasteiger partial charge in [0.05, 0.1) is 0 Å². The Labute approximate surface area is 128 Å². The number of nitrogens with zero attached hydrogens (tertiary/aromatic N) is 2. The molecule has 0 radical (unpaired) electrons. The molecule has 2 amide bonds. The summed E-state index contributed by atoms with van der Waals surface area (Å²) in [5, 5.41) is 0. The van der Waals surface area contributed by atoms with E-state index in [1.54, 1.807) is 0 Å². The highest BCUT2D eigenvalue weighted by Gasteiger charge is 2.33. The van der Waals surface area contributed by atoms with Crippen molar-refractivity contribution in [2.45, 2.75) is 65.3 Å². The van der Waals surface area contributed by atoms with Crippen LogP contribution in [0.1, 0.15) is 59.3 Å². The van der Waals surface area contributed by atoms with Gasteiger partial charge in [-0.3, -0.25) is 9.59 Å². The molecule has 0 aromatic carbocycles. The highest BCUT2D eigenvalue weighted by atomic mass is 16.2. The Bertz CT molecular complexity index is 367. The monoisotopic (exact) mass is 294 g/mol. The van der Waals surface area contributed by atoms with E-state index in [0.717, 1.165) is 32.5 Å². The van der Waals surface area contributed by atoms with Gasteiger partial charge in [-0.1, -0.05) is 26.7 Å². The van der Waals surface area contributed by atoms with Crippen LogP contribution in [0.3, 0.4) is 0 Å². The summed E-state index contributed by atoms with van der Waals surface area (Å²) >= 11 is 0. The zero-order valence-electron chi connectivity index (χ0n) is 13.8. The van der Waals surface area contributed by atoms with Crippen molar-refractivity contribution in [2.75, 3.05) is 19.6 Å². The molecule has 0 aromatic heterocycles. The molecule has 0 aromatic rings. The van der Waals surface area contributed by atoms with Crippen LogP contribution < -0.4 is 0 Å². The van der Waals surface area contributed by atoms with Crippen molar-refractivity contribution < 1.29 is 9.59 Å². The molecule has 21 heavy (non-hydrogen) atoms. The minimum absolute atomic E-state index is 0.0582. The fourth-order valence-electron chi connectivity index (χ4n) is 3.76. The predicted octanol–water partition coefficient (Wildman–Crippen LogP) is 2.67. The van der Waals surface area contributed by atoms with Crippen molar-refractivity contribution >= 4 is 11.8 Å². The lowest BCUT2D eigenvalue weighted by Gasteiger charge is -2.36. The van der Waals surface area contributed by atoms with E-state index in [1.807, 2.05) is 18.7 Å². The molecule has 1 aliphatic heterocycles. The summed E-state index contributed by atoms with van der Waals surface area (Å²) in [6.45, 7) is 8.30. The molecule has 0 atom stereocenters. The Balaban J connectivity index is 1.88. The van der Waals surface area contributed by atoms with E-state index in [-0.39, 0.29) is 17.7 Å². The average Bonchev–Trinajstić information content (AvgIpc) is 3.01. The standard InChI is InChI=1S/C17H30N2O2/c1-4-19(15-7-5-6-8-15)17(21)14-9-11-18(12-10-14)16(20)13(2)3/h13-15H,4-12H2,1-3H3. The lowest BCUT2D eigenvalue weighted by Crippen LogP contribution is -2.47. The second-order valence-electron chi connectivity index (χ2n) is 6.82. The number of rotatable bonds is 4. The van der Waals surface area contributed by atoms with Crippen LogP contribution in [0.15, 0.2) is 0 Å². The second kappa shape index (κ2) is 7.28. The van der Waals surface area contributed by atoms with Gasteiger partial charge in [0.15, 0.2) is 0 Å². The van der Waals surface area contributed by atoms with Gasteiger partial charge in [-0.25, -0.2) is 0 Å². The third kappa shape index (κ3) is 3.78. The molecule has 2 fully saturated rings. The summed E-state index contributed by atoms with van der Waals surface area (Å²) in [6.07, 6.45) is 6.53. The smallest absolute Gasteiger partial charge is 0.226 e. The van der Waals surface area contributed by atoms with E-state index in [4.69, 9.17) is 0 Å². The van der Waals surface area contributed by atoms with Crippen LogP contribution in [0.25, 0.3) is 0 Å². The Morgan fingerprint density at radius 2 is 1.67 bits per heavy atom. The zero-order valence-corrected chi connectivity index (χ0v) is 13.8. The first-order chi connectivity index (χ1) is 10.0. The molecule has 1 heterocycles. The van der Waals surface area contributed by atoms with Gasteiger partial charge in [0.25, 0.3) is 0 Å². The Hall–Kier alpha value is -1.06. The first-order valence-corrected chi connectivity index (χ1v) is 8.63. The summed E-state index contributed by atoms with van der Waals surface area (Å²) in [7, 11) is 0. The Kier molecular flexibility index (Phi) is 5.65. The lowest BCUT2D eigenvalue weighted by atomic mass is 9.93. The molecule has 1 saturated heterocycles. The van der Waals surface area contributed by atoms with Gasteiger partial charge < -0.3 is 9.80 Å². The van der Waals surface area contributed by atoms with Gasteiger partial charge in [0.1, 0.15) is 0 Å². The van der Waals surface area contributed by atoms with Gasteiger partial charge in [0.2, 0.25) is 11.8 Å². The summed E-state index contributed by atoms with van der Waals surface area (Å²) in [4.78, 5) is 28.8. The molecule has 2 rings (SSSR count). The van der Waals surface area contributed by atoms with Crippen molar-refractivity contribution in [2.24, 2.45) is 11.8 Å². The van der Waals surface area contributed by atoms with Crippen LogP contribution in [-0.4, -0.2) is 47.3 Å². The molecule has 4 heteroatoms. The number of hydrogen-bond donors (Lipinski definition) is 0. The number of likely N-dealkylation sites (tertiary alicyclic amines) is 1. The zero-order chi connectivity index (χ0) is 15.4. The number of amides is 2. The van der Waals surface area contributed by atoms with Gasteiger partial charge in [-0.15, -0.1) is 0 Å². The summed E-state index contributed by atoms with van der Waals surface area (Å²) in [5.41, 5.74) is 0. The minimum Gasteiger partial charge on any atom is -0.342 e. The fraction of sp³-hybridized carbons (Fsp3) is 0.882. The van der Waals surface area contributed by atoms with Crippen LogP contribution in [0.5, 0.6) is 0 Å². The first kappa shape index (κ1) is 16.3. The van der Waals surface area contributed by atoms with Crippen LogP contribution in [0.4, 0.5) is 0 Å². The summed E-state index contributed by atoms with van der Waals surface area (Å²) in [5.74, 6) is 0.745. The maximum absolute atomic E-state index is 12.7. The largest absolute Gasteiger partial charge is 0.342 e. The first-order valence-electron chi connectivity index (χ1n) is 8.63. The topological polar surface area (TPSA) is 40.6 Å². The van der Waals surface area contributed by atoms with E-state index in [0.29, 0.717) is 11.9 Å². The molecule has 1 saturated carbocycles. The molecule has 0 bridgehead atoms. The van der Waals surface area contributed by atoms with E-state index in [1.165, 1.54) is 25.7 Å². The van der Waals surface area contributed by atoms with Crippen LogP contribution in [0, 0.1) is 11.8 Å². The quantitative estimate of drug-likeness (QED) is 0.800. The van der Waals surface area contributed by atoms with Gasteiger partial charge in [-0.05, 0) is 32.6 Å². The Morgan fingerprint density at radius 3 is 2.14 bits per heavy atom. The maximum atomic E-state index is 12.7. The van der Waals surface area contributed by atoms with E-state index in [9.17, 15) is 9.59 Å². The summed E-state index contributed by atoms with van der Waals surface area (Å²) < 4.78 is 0. The van der Waals surface area contributed by atoms with Crippen molar-refractivity contribution in [3.05, 3.63) is 0 Å². The van der Waals surface area contributed by atoms with Crippen molar-refractivity contribution in [1.29, 1.82) is 0 Å². The predicted molar refractivity (Wildman–Crippen MR) is 83.8 cm³/mol. The van der Waals surface area contributed by atoms with Crippen molar-refractivity contribution in [3.63, 3.8) is 0 Å². The van der Waals surface area contributed by atoms with E-state index in [2.05, 4.69) is 11.8 Å². The molecule has 0 unspecified atom stereocenters. The molecule has 4 nitrogen and oxygen atoms in total. The highest BCUT2D eigenvalue weighted by Crippen LogP contribution is 2.27. The van der Waals surface area contributed by atoms with Gasteiger partial charge in [-0.2, -0.15) is 0 Å². The molecular formula is C17H30N2O2. The molecule has 0 spiro atoms. The van der Waals surface area contributed by atoms with E-state index >= 15 is 0 Å². The normalized spacial score (nSPS) is 21.0. The third-order valence-corrected chi connectivity index (χ3v) is 5.04. The number of hydrogen-bond acceptors (Lipinski definition) is 2. The lowest BCUT2D eigenvalue weighted by molar-refractivity contribution is -0.143. The van der Waals surface area contributed by atoms with Crippen molar-refractivity contribution in [3.8, 4) is 0 Å². The molecule has 0 N–H and O–H groups in total. The summed E-state index contributed by atoms with van der Waals surface area (Å²) in [6, 6.07) is 0.470. The van der Waals surface area contributed by atoms with E-state index < -0.39 is 0 Å². The van der Waals surface area contributed by atoms with Crippen molar-refractivity contribution in [1.82, 2.24) is 9.80 Å². The average molecular weight is 294 g/mol. The third-order valence-electron chi connectivity index (χ3n) is 5.04. The number of carbonyl (C=O) groups is 2. The molecule has 2 aliphatic rings. The Morgan fingerprint density at radius 1 is 1.10 bits per heavy atom. The van der Waals surface area contributed by atoms with Gasteiger partial charge in [0, 0.05) is 37.5 Å². The highest BCUT2D eigenvalue weighted by molar-refractivity contribution is 5.81. The number of carbonyl (C=O) groups excluding carboxylic acids is 2. The van der Waals surface area contributed by atoms with Crippen LogP contribution >= 0.6 is 0 Å². The fourth-order valence-corrected chi connectivity index (χ4v) is 3.76.